The van der Waals surface area contributed by atoms with Crippen molar-refractivity contribution < 1.29 is 37.4 Å². The van der Waals surface area contributed by atoms with Crippen LogP contribution in [0.4, 0.5) is 28.4 Å². The number of aromatic nitrogens is 1. The minimum Gasteiger partial charge on any atom is -0.406 e. The molecule has 1 saturated heterocycles. The zero-order valence-corrected chi connectivity index (χ0v) is 18.2. The van der Waals surface area contributed by atoms with Gasteiger partial charge in [0.05, 0.1) is 23.3 Å². The van der Waals surface area contributed by atoms with Crippen molar-refractivity contribution in [3.63, 3.8) is 0 Å². The van der Waals surface area contributed by atoms with Gasteiger partial charge in [0.2, 0.25) is 0 Å². The van der Waals surface area contributed by atoms with Crippen molar-refractivity contribution in [2.24, 2.45) is 5.73 Å². The molecule has 1 aliphatic rings. The van der Waals surface area contributed by atoms with Gasteiger partial charge in [-0.1, -0.05) is 30.3 Å². The molecule has 1 fully saturated rings. The molecule has 2 heterocycles. The number of aliphatic hydroxyl groups excluding tert-OH is 1. The van der Waals surface area contributed by atoms with E-state index in [9.17, 15) is 32.7 Å². The standard InChI is InChI=1S/C23H21F3N4O5/c24-23(25,26)35-15-5-3-4-13(8-15)9-20(32)19-10-14(31)11-30(19)22(34)28-17-12-29(21(27)33)18-7-2-1-6-16(17)18/h1-8,12,14,19,31H,9-11H2,(H2,27,33)(H,28,34)/t14-,19-/m0/s1. The van der Waals surface area contributed by atoms with E-state index in [-0.39, 0.29) is 30.6 Å². The smallest absolute Gasteiger partial charge is 0.406 e. The number of benzene rings is 2. The number of ether oxygens (including phenoxy) is 1. The Bertz CT molecular complexity index is 1290. The van der Waals surface area contributed by atoms with Crippen LogP contribution < -0.4 is 15.8 Å². The molecule has 0 bridgehead atoms. The number of β-amino-alcohol motifs (C(OH)–C–C–N with tert-alkyl or cyclic N) is 1. The minimum absolute atomic E-state index is 0.0198. The zero-order valence-electron chi connectivity index (χ0n) is 18.2. The molecule has 0 saturated carbocycles. The first-order chi connectivity index (χ1) is 16.5. The lowest BCUT2D eigenvalue weighted by molar-refractivity contribution is -0.274. The molecule has 1 aromatic heterocycles. The summed E-state index contributed by atoms with van der Waals surface area (Å²) in [5.41, 5.74) is 6.43. The summed E-state index contributed by atoms with van der Waals surface area (Å²) in [6.07, 6.45) is -4.75. The highest BCUT2D eigenvalue weighted by molar-refractivity contribution is 6.05. The second-order valence-electron chi connectivity index (χ2n) is 8.09. The number of nitrogens with two attached hydrogens (primary N) is 1. The van der Waals surface area contributed by atoms with E-state index in [0.29, 0.717) is 10.9 Å². The summed E-state index contributed by atoms with van der Waals surface area (Å²) >= 11 is 0. The molecule has 3 amide bonds. The second kappa shape index (κ2) is 9.29. The third kappa shape index (κ3) is 5.38. The number of Topliss-reactive ketones (excluding diaryl/α,β-unsaturated/α-hetero) is 1. The molecule has 4 rings (SSSR count). The summed E-state index contributed by atoms with van der Waals surface area (Å²) in [6, 6.07) is 9.33. The number of rotatable bonds is 5. The molecule has 3 aromatic rings. The Morgan fingerprint density at radius 1 is 1.14 bits per heavy atom. The normalized spacial score (nSPS) is 18.0. The van der Waals surface area contributed by atoms with Crippen LogP contribution in [0, 0.1) is 0 Å². The number of ketones is 1. The molecule has 1 aliphatic heterocycles. The fourth-order valence-corrected chi connectivity index (χ4v) is 4.16. The van der Waals surface area contributed by atoms with E-state index < -0.39 is 42.1 Å². The van der Waals surface area contributed by atoms with Gasteiger partial charge < -0.3 is 25.8 Å². The van der Waals surface area contributed by atoms with Crippen molar-refractivity contribution in [2.75, 3.05) is 11.9 Å². The maximum absolute atomic E-state index is 13.0. The number of amides is 3. The van der Waals surface area contributed by atoms with Gasteiger partial charge in [-0.15, -0.1) is 13.2 Å². The van der Waals surface area contributed by atoms with Crippen molar-refractivity contribution in [1.82, 2.24) is 9.47 Å². The Morgan fingerprint density at radius 3 is 2.60 bits per heavy atom. The van der Waals surface area contributed by atoms with E-state index in [2.05, 4.69) is 10.1 Å². The van der Waals surface area contributed by atoms with Crippen molar-refractivity contribution in [2.45, 2.75) is 31.3 Å². The monoisotopic (exact) mass is 490 g/mol. The van der Waals surface area contributed by atoms with E-state index in [1.54, 1.807) is 24.3 Å². The number of primary amides is 1. The van der Waals surface area contributed by atoms with Crippen LogP contribution in [0.5, 0.6) is 5.75 Å². The van der Waals surface area contributed by atoms with Gasteiger partial charge >= 0.3 is 18.4 Å². The Kier molecular flexibility index (Phi) is 6.39. The molecule has 0 spiro atoms. The molecule has 4 N–H and O–H groups in total. The summed E-state index contributed by atoms with van der Waals surface area (Å²) in [5, 5.41) is 13.3. The Hall–Kier alpha value is -4.06. The highest BCUT2D eigenvalue weighted by Crippen LogP contribution is 2.28. The highest BCUT2D eigenvalue weighted by atomic mass is 19.4. The number of carbonyl (C=O) groups excluding carboxylic acids is 3. The van der Waals surface area contributed by atoms with Gasteiger partial charge in [-0.05, 0) is 23.8 Å². The predicted octanol–water partition coefficient (Wildman–Crippen LogP) is 3.25. The fourth-order valence-electron chi connectivity index (χ4n) is 4.16. The summed E-state index contributed by atoms with van der Waals surface area (Å²) in [5.74, 6) is -0.921. The Labute approximate surface area is 196 Å². The van der Waals surface area contributed by atoms with Crippen LogP contribution in [0.2, 0.25) is 0 Å². The number of likely N-dealkylation sites (tertiary alicyclic amines) is 1. The van der Waals surface area contributed by atoms with Crippen LogP contribution in [0.25, 0.3) is 10.9 Å². The van der Waals surface area contributed by atoms with E-state index in [4.69, 9.17) is 5.73 Å². The van der Waals surface area contributed by atoms with Gasteiger partial charge in [0.25, 0.3) is 0 Å². The minimum atomic E-state index is -4.87. The summed E-state index contributed by atoms with van der Waals surface area (Å²) in [7, 11) is 0. The number of aliphatic hydroxyl groups is 1. The van der Waals surface area contributed by atoms with Gasteiger partial charge in [-0.25, -0.2) is 9.59 Å². The number of nitrogens with zero attached hydrogens (tertiary/aromatic N) is 2. The third-order valence-corrected chi connectivity index (χ3v) is 5.61. The van der Waals surface area contributed by atoms with Gasteiger partial charge in [0.1, 0.15) is 5.75 Å². The van der Waals surface area contributed by atoms with Gasteiger partial charge in [-0.3, -0.25) is 9.36 Å². The molecule has 2 atom stereocenters. The maximum Gasteiger partial charge on any atom is 0.573 e. The molecular weight excluding hydrogens is 469 g/mol. The number of nitrogens with one attached hydrogen (secondary N) is 1. The van der Waals surface area contributed by atoms with Gasteiger partial charge in [-0.2, -0.15) is 0 Å². The van der Waals surface area contributed by atoms with Crippen LogP contribution in [-0.2, 0) is 11.2 Å². The molecule has 0 aliphatic carbocycles. The van der Waals surface area contributed by atoms with Crippen molar-refractivity contribution in [3.05, 3.63) is 60.3 Å². The number of hydrogen-bond acceptors (Lipinski definition) is 5. The number of alkyl halides is 3. The molecule has 2 aromatic carbocycles. The van der Waals surface area contributed by atoms with E-state index in [0.717, 1.165) is 12.1 Å². The number of hydrogen-bond donors (Lipinski definition) is 3. The SMILES string of the molecule is NC(=O)n1cc(NC(=O)N2C[C@@H](O)C[C@H]2C(=O)Cc2cccc(OC(F)(F)F)c2)c2ccccc21. The average molecular weight is 490 g/mol. The highest BCUT2D eigenvalue weighted by Gasteiger charge is 2.39. The van der Waals surface area contributed by atoms with Crippen LogP contribution in [0.1, 0.15) is 12.0 Å². The molecule has 35 heavy (non-hydrogen) atoms. The van der Waals surface area contributed by atoms with Crippen LogP contribution in [-0.4, -0.2) is 57.5 Å². The Morgan fingerprint density at radius 2 is 1.89 bits per heavy atom. The average Bonchev–Trinajstić information content (AvgIpc) is 3.34. The van der Waals surface area contributed by atoms with E-state index >= 15 is 0 Å². The van der Waals surface area contributed by atoms with E-state index in [1.807, 2.05) is 0 Å². The van der Waals surface area contributed by atoms with Crippen LogP contribution >= 0.6 is 0 Å². The lowest BCUT2D eigenvalue weighted by atomic mass is 10.0. The van der Waals surface area contributed by atoms with Crippen LogP contribution in [0.15, 0.2) is 54.7 Å². The largest absolute Gasteiger partial charge is 0.573 e. The molecule has 0 radical (unpaired) electrons. The summed E-state index contributed by atoms with van der Waals surface area (Å²) < 4.78 is 42.5. The lowest BCUT2D eigenvalue weighted by Crippen LogP contribution is -2.43. The first kappa shape index (κ1) is 24.1. The van der Waals surface area contributed by atoms with Crippen molar-refractivity contribution in [3.8, 4) is 5.75 Å². The topological polar surface area (TPSA) is 127 Å². The van der Waals surface area contributed by atoms with Crippen LogP contribution in [0.3, 0.4) is 0 Å². The Balaban J connectivity index is 1.51. The van der Waals surface area contributed by atoms with Crippen molar-refractivity contribution >= 4 is 34.4 Å². The van der Waals surface area contributed by atoms with Crippen molar-refractivity contribution in [1.29, 1.82) is 0 Å². The quantitative estimate of drug-likeness (QED) is 0.506. The predicted molar refractivity (Wildman–Crippen MR) is 119 cm³/mol. The fraction of sp³-hybridized carbons (Fsp3) is 0.261. The number of urea groups is 1. The van der Waals surface area contributed by atoms with E-state index in [1.165, 1.54) is 27.8 Å². The summed E-state index contributed by atoms with van der Waals surface area (Å²) in [4.78, 5) is 38.9. The number of fused-ring (bicyclic) bond motifs is 1. The zero-order chi connectivity index (χ0) is 25.3. The first-order valence-corrected chi connectivity index (χ1v) is 10.5. The summed E-state index contributed by atoms with van der Waals surface area (Å²) in [6.45, 7) is -0.117. The van der Waals surface area contributed by atoms with Gasteiger partial charge in [0, 0.05) is 31.0 Å². The molecule has 12 heteroatoms. The second-order valence-corrected chi connectivity index (χ2v) is 8.09. The number of halogens is 3. The lowest BCUT2D eigenvalue weighted by Gasteiger charge is -2.23. The molecule has 0 unspecified atom stereocenters. The van der Waals surface area contributed by atoms with Gasteiger partial charge in [0.15, 0.2) is 5.78 Å². The third-order valence-electron chi connectivity index (χ3n) is 5.61. The molecule has 9 nitrogen and oxygen atoms in total. The maximum atomic E-state index is 13.0. The molecular formula is C23H21F3N4O5. The number of carbonyl (C=O) groups is 3. The first-order valence-electron chi connectivity index (χ1n) is 10.5. The number of para-hydroxylation sites is 1. The molecule has 184 valence electrons. The number of anilines is 1.